The fourth-order valence-electron chi connectivity index (χ4n) is 3.98. The number of anilines is 1. The number of hydrogen-bond donors (Lipinski definition) is 2. The van der Waals surface area contributed by atoms with Gasteiger partial charge in [-0.2, -0.15) is 0 Å². The first kappa shape index (κ1) is 22.3. The van der Waals surface area contributed by atoms with E-state index in [1.165, 1.54) is 11.8 Å². The maximum atomic E-state index is 13.5. The highest BCUT2D eigenvalue weighted by Crippen LogP contribution is 2.50. The van der Waals surface area contributed by atoms with Crippen LogP contribution in [-0.2, 0) is 4.79 Å². The third-order valence-electron chi connectivity index (χ3n) is 5.52. The van der Waals surface area contributed by atoms with E-state index in [0.29, 0.717) is 17.2 Å². The van der Waals surface area contributed by atoms with Gasteiger partial charge in [0.05, 0.1) is 32.3 Å². The van der Waals surface area contributed by atoms with Crippen molar-refractivity contribution in [3.63, 3.8) is 0 Å². The summed E-state index contributed by atoms with van der Waals surface area (Å²) in [6.45, 7) is 2.01. The fourth-order valence-corrected chi connectivity index (χ4v) is 6.42. The van der Waals surface area contributed by atoms with Gasteiger partial charge >= 0.3 is 4.87 Å². The molecule has 2 N–H and O–H groups in total. The number of H-pyrrole nitrogens is 1. The molecular weight excluding hydrogens is 448 g/mol. The van der Waals surface area contributed by atoms with Crippen molar-refractivity contribution in [2.75, 3.05) is 26.6 Å². The van der Waals surface area contributed by atoms with Crippen molar-refractivity contribution >= 4 is 34.7 Å². The molecule has 32 heavy (non-hydrogen) atoms. The van der Waals surface area contributed by atoms with Gasteiger partial charge in [-0.1, -0.05) is 24.3 Å². The number of carbonyl (C=O) groups is 1. The summed E-state index contributed by atoms with van der Waals surface area (Å²) in [5.41, 5.74) is 1.58. The number of nitrogens with one attached hydrogen (secondary N) is 2. The topological polar surface area (TPSA) is 89.7 Å². The average Bonchev–Trinajstić information content (AvgIpc) is 3.17. The maximum Gasteiger partial charge on any atom is 0.305 e. The van der Waals surface area contributed by atoms with E-state index in [9.17, 15) is 9.59 Å². The van der Waals surface area contributed by atoms with Crippen LogP contribution in [0.5, 0.6) is 17.2 Å². The highest BCUT2D eigenvalue weighted by molar-refractivity contribution is 8.00. The average molecular weight is 473 g/mol. The van der Waals surface area contributed by atoms with Gasteiger partial charge in [-0.05, 0) is 42.0 Å². The van der Waals surface area contributed by atoms with E-state index in [4.69, 9.17) is 14.2 Å². The number of ether oxygens (including phenoxy) is 3. The van der Waals surface area contributed by atoms with Gasteiger partial charge in [0.2, 0.25) is 5.91 Å². The highest BCUT2D eigenvalue weighted by Gasteiger charge is 2.42. The first-order chi connectivity index (χ1) is 15.4. The molecule has 3 atom stereocenters. The molecule has 0 saturated heterocycles. The molecule has 0 radical (unpaired) electrons. The predicted octanol–water partition coefficient (Wildman–Crippen LogP) is 4.34. The van der Waals surface area contributed by atoms with Crippen LogP contribution >= 0.6 is 23.1 Å². The second-order valence-electron chi connectivity index (χ2n) is 7.37. The van der Waals surface area contributed by atoms with Crippen LogP contribution in [0.1, 0.15) is 23.3 Å². The van der Waals surface area contributed by atoms with E-state index in [1.54, 1.807) is 33.5 Å². The zero-order valence-corrected chi connectivity index (χ0v) is 19.8. The van der Waals surface area contributed by atoms with E-state index < -0.39 is 5.92 Å². The fraction of sp³-hybridized carbons (Fsp3) is 0.304. The summed E-state index contributed by atoms with van der Waals surface area (Å²) in [6, 6.07) is 12.9. The summed E-state index contributed by atoms with van der Waals surface area (Å²) in [5.74, 6) is 1.09. The SMILES string of the molecule is COc1ccc(NC(=O)[C@@H]2[C@@H](c3ccc(OC)c(OC)c3)c3sc(=O)[nH]c3S[C@H]2C)cc1. The van der Waals surface area contributed by atoms with Gasteiger partial charge in [-0.25, -0.2) is 0 Å². The first-order valence-electron chi connectivity index (χ1n) is 10.0. The number of rotatable bonds is 6. The molecule has 1 amide bonds. The van der Waals surface area contributed by atoms with Gasteiger partial charge in [0.25, 0.3) is 0 Å². The Morgan fingerprint density at radius 2 is 1.72 bits per heavy atom. The molecule has 4 rings (SSSR count). The quantitative estimate of drug-likeness (QED) is 0.555. The zero-order valence-electron chi connectivity index (χ0n) is 18.1. The molecule has 168 valence electrons. The molecule has 0 aliphatic carbocycles. The van der Waals surface area contributed by atoms with Crippen molar-refractivity contribution < 1.29 is 19.0 Å². The Morgan fingerprint density at radius 3 is 2.38 bits per heavy atom. The molecule has 1 aromatic heterocycles. The Labute approximate surface area is 194 Å². The summed E-state index contributed by atoms with van der Waals surface area (Å²) in [4.78, 5) is 29.4. The Hall–Kier alpha value is -2.91. The van der Waals surface area contributed by atoms with Crippen LogP contribution in [0.2, 0.25) is 0 Å². The lowest BCUT2D eigenvalue weighted by Gasteiger charge is -2.35. The molecule has 0 unspecified atom stereocenters. The van der Waals surface area contributed by atoms with E-state index in [1.807, 2.05) is 37.3 Å². The number of fused-ring (bicyclic) bond motifs is 1. The lowest BCUT2D eigenvalue weighted by atomic mass is 9.81. The van der Waals surface area contributed by atoms with Crippen LogP contribution < -0.4 is 24.4 Å². The van der Waals surface area contributed by atoms with Crippen LogP contribution in [0, 0.1) is 5.92 Å². The smallest absolute Gasteiger partial charge is 0.305 e. The Morgan fingerprint density at radius 1 is 1.00 bits per heavy atom. The van der Waals surface area contributed by atoms with E-state index in [-0.39, 0.29) is 21.9 Å². The van der Waals surface area contributed by atoms with Crippen molar-refractivity contribution in [1.82, 2.24) is 4.98 Å². The molecule has 1 aliphatic heterocycles. The molecule has 1 aliphatic rings. The standard InChI is InChI=1S/C23H24N2O5S2/c1-12-18(21(26)24-14-6-8-15(28-2)9-7-14)19(20-22(31-12)25-23(27)32-20)13-5-10-16(29-3)17(11-13)30-4/h5-12,18-19H,1-4H3,(H,24,26)(H,25,27)/t12-,18-,19+/m0/s1. The Balaban J connectivity index is 1.75. The molecule has 0 bridgehead atoms. The molecule has 0 fully saturated rings. The van der Waals surface area contributed by atoms with Crippen LogP contribution in [0.4, 0.5) is 5.69 Å². The number of methoxy groups -OCH3 is 3. The minimum Gasteiger partial charge on any atom is -0.497 e. The van der Waals surface area contributed by atoms with Gasteiger partial charge in [-0.3, -0.25) is 9.59 Å². The van der Waals surface area contributed by atoms with Crippen LogP contribution in [0.3, 0.4) is 0 Å². The van der Waals surface area contributed by atoms with Crippen molar-refractivity contribution in [1.29, 1.82) is 0 Å². The van der Waals surface area contributed by atoms with E-state index >= 15 is 0 Å². The number of thioether (sulfide) groups is 1. The number of aromatic amines is 1. The molecule has 2 aromatic carbocycles. The molecule has 9 heteroatoms. The monoisotopic (exact) mass is 472 g/mol. The number of hydrogen-bond acceptors (Lipinski definition) is 7. The number of carbonyl (C=O) groups excluding carboxylic acids is 1. The number of benzene rings is 2. The zero-order chi connectivity index (χ0) is 22.8. The van der Waals surface area contributed by atoms with Gasteiger partial charge in [0.1, 0.15) is 5.75 Å². The summed E-state index contributed by atoms with van der Waals surface area (Å²) in [6.07, 6.45) is 0. The second kappa shape index (κ2) is 9.30. The largest absolute Gasteiger partial charge is 0.497 e. The summed E-state index contributed by atoms with van der Waals surface area (Å²) >= 11 is 2.67. The molecule has 7 nitrogen and oxygen atoms in total. The van der Waals surface area contributed by atoms with Gasteiger partial charge in [-0.15, -0.1) is 11.8 Å². The molecule has 0 spiro atoms. The third-order valence-corrected chi connectivity index (χ3v) is 7.84. The van der Waals surface area contributed by atoms with Gasteiger partial charge < -0.3 is 24.5 Å². The predicted molar refractivity (Wildman–Crippen MR) is 127 cm³/mol. The Kier molecular flexibility index (Phi) is 6.48. The number of aromatic nitrogens is 1. The lowest BCUT2D eigenvalue weighted by Crippen LogP contribution is -2.37. The third kappa shape index (κ3) is 4.22. The van der Waals surface area contributed by atoms with Crippen molar-refractivity contribution in [3.05, 3.63) is 62.6 Å². The second-order valence-corrected chi connectivity index (χ2v) is 9.77. The van der Waals surface area contributed by atoms with Crippen molar-refractivity contribution in [3.8, 4) is 17.2 Å². The Bertz CT molecular complexity index is 1170. The molecular formula is C23H24N2O5S2. The van der Waals surface area contributed by atoms with Crippen LogP contribution in [-0.4, -0.2) is 37.5 Å². The molecule has 2 heterocycles. The molecule has 3 aromatic rings. The summed E-state index contributed by atoms with van der Waals surface area (Å²) in [5, 5.41) is 3.79. The lowest BCUT2D eigenvalue weighted by molar-refractivity contribution is -0.120. The van der Waals surface area contributed by atoms with Crippen LogP contribution in [0.15, 0.2) is 52.3 Å². The number of thiazole rings is 1. The van der Waals surface area contributed by atoms with Gasteiger partial charge in [0.15, 0.2) is 11.5 Å². The summed E-state index contributed by atoms with van der Waals surface area (Å²) < 4.78 is 16.1. The maximum absolute atomic E-state index is 13.5. The van der Waals surface area contributed by atoms with Gasteiger partial charge in [0, 0.05) is 21.7 Å². The minimum atomic E-state index is -0.404. The normalized spacial score (nSPS) is 19.7. The van der Waals surface area contributed by atoms with Crippen molar-refractivity contribution in [2.24, 2.45) is 5.92 Å². The van der Waals surface area contributed by atoms with E-state index in [0.717, 1.165) is 32.6 Å². The highest BCUT2D eigenvalue weighted by atomic mass is 32.2. The first-order valence-corrected chi connectivity index (χ1v) is 11.7. The van der Waals surface area contributed by atoms with E-state index in [2.05, 4.69) is 10.3 Å². The minimum absolute atomic E-state index is 0.0657. The van der Waals surface area contributed by atoms with Crippen molar-refractivity contribution in [2.45, 2.75) is 23.1 Å². The van der Waals surface area contributed by atoms with Crippen LogP contribution in [0.25, 0.3) is 0 Å². The summed E-state index contributed by atoms with van der Waals surface area (Å²) in [7, 11) is 4.76. The number of amides is 1. The molecule has 0 saturated carbocycles.